The summed E-state index contributed by atoms with van der Waals surface area (Å²) in [6, 6.07) is 4.50. The molecule has 0 bridgehead atoms. The highest BCUT2D eigenvalue weighted by Crippen LogP contribution is 2.08. The van der Waals surface area contributed by atoms with Gasteiger partial charge in [0.25, 0.3) is 0 Å². The van der Waals surface area contributed by atoms with Gasteiger partial charge in [0.1, 0.15) is 6.26 Å². The Balaban J connectivity index is 1.76. The third-order valence-corrected chi connectivity index (χ3v) is 2.98. The van der Waals surface area contributed by atoms with Crippen LogP contribution < -0.4 is 5.32 Å². The summed E-state index contributed by atoms with van der Waals surface area (Å²) in [4.78, 5) is 0. The molecule has 2 aromatic rings. The lowest BCUT2D eigenvalue weighted by atomic mass is 10.1. The number of hydrogen-bond donors (Lipinski definition) is 1. The van der Waals surface area contributed by atoms with E-state index in [1.807, 2.05) is 6.07 Å². The predicted octanol–water partition coefficient (Wildman–Crippen LogP) is 2.46. The Morgan fingerprint density at radius 1 is 1.53 bits per heavy atom. The standard InChI is InChI=1S/C11H14N2OS/c1-9(6-10-3-5-15-8-10)12-7-11-2-4-14-13-11/h2-5,8-9,12H,6-7H2,1H3. The van der Waals surface area contributed by atoms with E-state index < -0.39 is 0 Å². The Morgan fingerprint density at radius 2 is 2.47 bits per heavy atom. The predicted molar refractivity (Wildman–Crippen MR) is 60.8 cm³/mol. The molecule has 0 amide bonds. The molecule has 0 aliphatic heterocycles. The van der Waals surface area contributed by atoms with Gasteiger partial charge in [0.2, 0.25) is 0 Å². The van der Waals surface area contributed by atoms with Crippen LogP contribution in [0.2, 0.25) is 0 Å². The maximum absolute atomic E-state index is 4.76. The SMILES string of the molecule is CC(Cc1ccsc1)NCc1ccon1. The zero-order chi connectivity index (χ0) is 10.5. The van der Waals surface area contributed by atoms with Crippen molar-refractivity contribution in [2.75, 3.05) is 0 Å². The van der Waals surface area contributed by atoms with Crippen molar-refractivity contribution >= 4 is 11.3 Å². The Labute approximate surface area is 93.1 Å². The van der Waals surface area contributed by atoms with Gasteiger partial charge in [0, 0.05) is 18.7 Å². The summed E-state index contributed by atoms with van der Waals surface area (Å²) in [5, 5.41) is 11.6. The number of nitrogens with zero attached hydrogens (tertiary/aromatic N) is 1. The highest BCUT2D eigenvalue weighted by atomic mass is 32.1. The van der Waals surface area contributed by atoms with Crippen LogP contribution in [0, 0.1) is 0 Å². The van der Waals surface area contributed by atoms with E-state index in [9.17, 15) is 0 Å². The summed E-state index contributed by atoms with van der Waals surface area (Å²) in [6.07, 6.45) is 2.65. The third kappa shape index (κ3) is 3.18. The maximum Gasteiger partial charge on any atom is 0.124 e. The molecule has 0 saturated carbocycles. The highest BCUT2D eigenvalue weighted by Gasteiger charge is 2.04. The minimum Gasteiger partial charge on any atom is -0.364 e. The monoisotopic (exact) mass is 222 g/mol. The Bertz CT molecular complexity index is 369. The van der Waals surface area contributed by atoms with E-state index in [4.69, 9.17) is 4.52 Å². The molecule has 0 radical (unpaired) electrons. The van der Waals surface area contributed by atoms with E-state index in [0.717, 1.165) is 18.7 Å². The molecule has 0 aromatic carbocycles. The van der Waals surface area contributed by atoms with Crippen molar-refractivity contribution in [1.29, 1.82) is 0 Å². The normalized spacial score (nSPS) is 12.9. The molecule has 2 aromatic heterocycles. The van der Waals surface area contributed by atoms with Gasteiger partial charge in [-0.05, 0) is 35.7 Å². The molecule has 0 fully saturated rings. The van der Waals surface area contributed by atoms with Crippen molar-refractivity contribution in [3.8, 4) is 0 Å². The molecule has 1 unspecified atom stereocenters. The number of aromatic nitrogens is 1. The smallest absolute Gasteiger partial charge is 0.124 e. The van der Waals surface area contributed by atoms with Crippen LogP contribution in [0.3, 0.4) is 0 Å². The van der Waals surface area contributed by atoms with Crippen molar-refractivity contribution in [2.45, 2.75) is 25.9 Å². The first kappa shape index (κ1) is 10.4. The lowest BCUT2D eigenvalue weighted by molar-refractivity contribution is 0.405. The summed E-state index contributed by atoms with van der Waals surface area (Å²) >= 11 is 1.74. The third-order valence-electron chi connectivity index (χ3n) is 2.24. The zero-order valence-corrected chi connectivity index (χ0v) is 9.46. The van der Waals surface area contributed by atoms with Gasteiger partial charge in [-0.2, -0.15) is 11.3 Å². The molecular formula is C11H14N2OS. The van der Waals surface area contributed by atoms with Crippen LogP contribution in [0.25, 0.3) is 0 Å². The van der Waals surface area contributed by atoms with Crippen molar-refractivity contribution in [3.63, 3.8) is 0 Å². The van der Waals surface area contributed by atoms with Crippen LogP contribution >= 0.6 is 11.3 Å². The van der Waals surface area contributed by atoms with Crippen molar-refractivity contribution in [1.82, 2.24) is 10.5 Å². The molecule has 1 N–H and O–H groups in total. The van der Waals surface area contributed by atoms with Crippen LogP contribution in [0.1, 0.15) is 18.2 Å². The van der Waals surface area contributed by atoms with Gasteiger partial charge in [-0.25, -0.2) is 0 Å². The minimum atomic E-state index is 0.455. The number of hydrogen-bond acceptors (Lipinski definition) is 4. The van der Waals surface area contributed by atoms with Crippen LogP contribution in [0.15, 0.2) is 33.7 Å². The number of rotatable bonds is 5. The summed E-state index contributed by atoms with van der Waals surface area (Å²) in [5.41, 5.74) is 2.34. The highest BCUT2D eigenvalue weighted by molar-refractivity contribution is 7.07. The molecule has 2 rings (SSSR count). The van der Waals surface area contributed by atoms with Crippen LogP contribution in [-0.2, 0) is 13.0 Å². The number of thiophene rings is 1. The van der Waals surface area contributed by atoms with E-state index in [0.29, 0.717) is 6.04 Å². The lowest BCUT2D eigenvalue weighted by Gasteiger charge is -2.11. The van der Waals surface area contributed by atoms with Crippen LogP contribution in [0.5, 0.6) is 0 Å². The quantitative estimate of drug-likeness (QED) is 0.844. The maximum atomic E-state index is 4.76. The molecule has 80 valence electrons. The Morgan fingerprint density at radius 3 is 3.13 bits per heavy atom. The van der Waals surface area contributed by atoms with Crippen molar-refractivity contribution in [2.24, 2.45) is 0 Å². The fraction of sp³-hybridized carbons (Fsp3) is 0.364. The second kappa shape index (κ2) is 5.09. The van der Waals surface area contributed by atoms with Crippen molar-refractivity contribution in [3.05, 3.63) is 40.4 Å². The molecule has 0 aliphatic rings. The molecule has 1 atom stereocenters. The molecule has 0 aliphatic carbocycles. The average Bonchev–Trinajstić information content (AvgIpc) is 2.86. The summed E-state index contributed by atoms with van der Waals surface area (Å²) in [7, 11) is 0. The molecule has 0 saturated heterocycles. The largest absolute Gasteiger partial charge is 0.364 e. The summed E-state index contributed by atoms with van der Waals surface area (Å²) in [5.74, 6) is 0. The van der Waals surface area contributed by atoms with E-state index in [1.165, 1.54) is 5.56 Å². The Kier molecular flexibility index (Phi) is 3.53. The molecule has 3 nitrogen and oxygen atoms in total. The van der Waals surface area contributed by atoms with E-state index in [1.54, 1.807) is 17.6 Å². The fourth-order valence-corrected chi connectivity index (χ4v) is 2.12. The second-order valence-corrected chi connectivity index (χ2v) is 4.39. The van der Waals surface area contributed by atoms with E-state index in [-0.39, 0.29) is 0 Å². The van der Waals surface area contributed by atoms with Gasteiger partial charge in [0.15, 0.2) is 0 Å². The lowest BCUT2D eigenvalue weighted by Crippen LogP contribution is -2.27. The molecule has 15 heavy (non-hydrogen) atoms. The first-order valence-corrected chi connectivity index (χ1v) is 5.92. The Hall–Kier alpha value is -1.13. The fourth-order valence-electron chi connectivity index (χ4n) is 1.44. The van der Waals surface area contributed by atoms with Gasteiger partial charge >= 0.3 is 0 Å². The van der Waals surface area contributed by atoms with E-state index >= 15 is 0 Å². The van der Waals surface area contributed by atoms with Crippen molar-refractivity contribution < 1.29 is 4.52 Å². The topological polar surface area (TPSA) is 38.1 Å². The zero-order valence-electron chi connectivity index (χ0n) is 8.64. The summed E-state index contributed by atoms with van der Waals surface area (Å²) < 4.78 is 4.76. The molecule has 4 heteroatoms. The molecule has 0 spiro atoms. The van der Waals surface area contributed by atoms with Gasteiger partial charge < -0.3 is 9.84 Å². The van der Waals surface area contributed by atoms with Gasteiger partial charge in [-0.1, -0.05) is 5.16 Å². The first-order chi connectivity index (χ1) is 7.34. The summed E-state index contributed by atoms with van der Waals surface area (Å²) in [6.45, 7) is 2.94. The van der Waals surface area contributed by atoms with Gasteiger partial charge in [-0.3, -0.25) is 0 Å². The van der Waals surface area contributed by atoms with Gasteiger partial charge in [-0.15, -0.1) is 0 Å². The molecular weight excluding hydrogens is 208 g/mol. The van der Waals surface area contributed by atoms with Crippen LogP contribution in [0.4, 0.5) is 0 Å². The molecule has 2 heterocycles. The minimum absolute atomic E-state index is 0.455. The van der Waals surface area contributed by atoms with Crippen LogP contribution in [-0.4, -0.2) is 11.2 Å². The van der Waals surface area contributed by atoms with Gasteiger partial charge in [0.05, 0.1) is 5.69 Å². The average molecular weight is 222 g/mol. The number of nitrogens with one attached hydrogen (secondary N) is 1. The second-order valence-electron chi connectivity index (χ2n) is 3.61. The van der Waals surface area contributed by atoms with E-state index in [2.05, 4.69) is 34.2 Å². The first-order valence-electron chi connectivity index (χ1n) is 4.98.